The number of benzene rings is 3. The van der Waals surface area contributed by atoms with Crippen LogP contribution in [0.5, 0.6) is 5.75 Å². The topological polar surface area (TPSA) is 93.5 Å². The fourth-order valence-electron chi connectivity index (χ4n) is 2.87. The Hall–Kier alpha value is -3.94. The summed E-state index contributed by atoms with van der Waals surface area (Å²) < 4.78 is 18.9. The molecule has 7 nitrogen and oxygen atoms in total. The summed E-state index contributed by atoms with van der Waals surface area (Å²) >= 11 is 0. The zero-order valence-corrected chi connectivity index (χ0v) is 16.2. The van der Waals surface area contributed by atoms with E-state index in [4.69, 9.17) is 4.74 Å². The highest BCUT2D eigenvalue weighted by Crippen LogP contribution is 2.25. The van der Waals surface area contributed by atoms with E-state index in [-0.39, 0.29) is 24.0 Å². The van der Waals surface area contributed by atoms with Crippen molar-refractivity contribution in [3.05, 3.63) is 99.4 Å². The summed E-state index contributed by atoms with van der Waals surface area (Å²) in [7, 11) is 1.50. The monoisotopic (exact) mass is 409 g/mol. The molecular formula is C22H20FN3O4. The van der Waals surface area contributed by atoms with Crippen molar-refractivity contribution in [2.75, 3.05) is 12.4 Å². The molecule has 1 amide bonds. The van der Waals surface area contributed by atoms with Crippen molar-refractivity contribution >= 4 is 17.3 Å². The maximum absolute atomic E-state index is 13.6. The van der Waals surface area contributed by atoms with Crippen molar-refractivity contribution in [2.45, 2.75) is 13.1 Å². The minimum Gasteiger partial charge on any atom is -0.496 e. The molecule has 0 unspecified atom stereocenters. The van der Waals surface area contributed by atoms with Crippen LogP contribution < -0.4 is 15.4 Å². The number of nitro groups is 1. The summed E-state index contributed by atoms with van der Waals surface area (Å²) in [5.74, 6) is -0.142. The lowest BCUT2D eigenvalue weighted by molar-refractivity contribution is -0.384. The normalized spacial score (nSPS) is 10.3. The molecule has 0 aliphatic rings. The summed E-state index contributed by atoms with van der Waals surface area (Å²) in [4.78, 5) is 22.8. The van der Waals surface area contributed by atoms with Crippen LogP contribution in [0.1, 0.15) is 21.5 Å². The second kappa shape index (κ2) is 9.51. The fourth-order valence-corrected chi connectivity index (χ4v) is 2.87. The average Bonchev–Trinajstić information content (AvgIpc) is 2.77. The average molecular weight is 409 g/mol. The third-order valence-corrected chi connectivity index (χ3v) is 4.50. The maximum Gasteiger partial charge on any atom is 0.270 e. The molecule has 154 valence electrons. The fraction of sp³-hybridized carbons (Fsp3) is 0.136. The Bertz CT molecular complexity index is 1050. The smallest absolute Gasteiger partial charge is 0.270 e. The molecule has 3 aromatic carbocycles. The molecule has 0 atom stereocenters. The van der Waals surface area contributed by atoms with E-state index in [0.29, 0.717) is 29.0 Å². The first-order chi connectivity index (χ1) is 14.5. The molecular weight excluding hydrogens is 389 g/mol. The second-order valence-electron chi connectivity index (χ2n) is 6.46. The van der Waals surface area contributed by atoms with Crippen molar-refractivity contribution in [3.8, 4) is 5.75 Å². The van der Waals surface area contributed by atoms with E-state index in [0.717, 1.165) is 5.69 Å². The number of amides is 1. The number of nitrogens with zero attached hydrogens (tertiary/aromatic N) is 1. The van der Waals surface area contributed by atoms with E-state index in [2.05, 4.69) is 10.6 Å². The van der Waals surface area contributed by atoms with E-state index in [1.807, 2.05) is 0 Å². The van der Waals surface area contributed by atoms with E-state index < -0.39 is 4.92 Å². The number of nitro benzene ring substituents is 1. The van der Waals surface area contributed by atoms with Gasteiger partial charge in [0.1, 0.15) is 11.6 Å². The molecule has 0 saturated carbocycles. The lowest BCUT2D eigenvalue weighted by atomic mass is 10.1. The standard InChI is InChI=1S/C22H20FN3O4/c1-30-21-11-10-19(26(28)29)12-17(21)14-24-18-8-6-15(7-9-18)22(27)25-13-16-4-2-3-5-20(16)23/h2-12,24H,13-14H2,1H3,(H,25,27). The Morgan fingerprint density at radius 1 is 1.03 bits per heavy atom. The number of methoxy groups -OCH3 is 1. The van der Waals surface area contributed by atoms with Crippen molar-refractivity contribution in [3.63, 3.8) is 0 Å². The van der Waals surface area contributed by atoms with E-state index in [9.17, 15) is 19.3 Å². The molecule has 0 heterocycles. The molecule has 0 bridgehead atoms. The molecule has 3 rings (SSSR count). The van der Waals surface area contributed by atoms with Crippen molar-refractivity contribution < 1.29 is 18.8 Å². The largest absolute Gasteiger partial charge is 0.496 e. The maximum atomic E-state index is 13.6. The Kier molecular flexibility index (Phi) is 6.59. The zero-order valence-electron chi connectivity index (χ0n) is 16.2. The Labute approximate surface area is 172 Å². The van der Waals surface area contributed by atoms with E-state index >= 15 is 0 Å². The van der Waals surface area contributed by atoms with Gasteiger partial charge in [0.2, 0.25) is 0 Å². The Morgan fingerprint density at radius 3 is 2.43 bits per heavy atom. The Morgan fingerprint density at radius 2 is 1.77 bits per heavy atom. The van der Waals surface area contributed by atoms with E-state index in [1.54, 1.807) is 48.5 Å². The van der Waals surface area contributed by atoms with E-state index in [1.165, 1.54) is 25.3 Å². The summed E-state index contributed by atoms with van der Waals surface area (Å²) in [6, 6.07) is 17.4. The number of rotatable bonds is 8. The quantitative estimate of drug-likeness (QED) is 0.428. The van der Waals surface area contributed by atoms with Crippen LogP contribution in [0.2, 0.25) is 0 Å². The predicted molar refractivity (Wildman–Crippen MR) is 111 cm³/mol. The third-order valence-electron chi connectivity index (χ3n) is 4.50. The number of hydrogen-bond acceptors (Lipinski definition) is 5. The minimum absolute atomic E-state index is 0.0190. The summed E-state index contributed by atoms with van der Waals surface area (Å²) in [6.07, 6.45) is 0. The Balaban J connectivity index is 1.61. The molecule has 8 heteroatoms. The lowest BCUT2D eigenvalue weighted by Crippen LogP contribution is -2.23. The molecule has 0 aromatic heterocycles. The predicted octanol–water partition coefficient (Wildman–Crippen LogP) is 4.28. The van der Waals surface area contributed by atoms with Crippen LogP contribution in [-0.4, -0.2) is 17.9 Å². The summed E-state index contributed by atoms with van der Waals surface area (Å²) in [6.45, 7) is 0.405. The first-order valence-electron chi connectivity index (χ1n) is 9.15. The van der Waals surface area contributed by atoms with Gasteiger partial charge in [-0.1, -0.05) is 18.2 Å². The number of halogens is 1. The van der Waals surface area contributed by atoms with Gasteiger partial charge < -0.3 is 15.4 Å². The van der Waals surface area contributed by atoms with Gasteiger partial charge in [-0.05, 0) is 36.4 Å². The number of carbonyl (C=O) groups excluding carboxylic acids is 1. The first kappa shape index (κ1) is 20.8. The van der Waals surface area contributed by atoms with Crippen LogP contribution in [0.25, 0.3) is 0 Å². The summed E-state index contributed by atoms with van der Waals surface area (Å²) in [5, 5.41) is 16.8. The van der Waals surface area contributed by atoms with Crippen LogP contribution >= 0.6 is 0 Å². The number of nitrogens with one attached hydrogen (secondary N) is 2. The molecule has 2 N–H and O–H groups in total. The summed E-state index contributed by atoms with van der Waals surface area (Å²) in [5.41, 5.74) is 2.20. The molecule has 30 heavy (non-hydrogen) atoms. The van der Waals surface area contributed by atoms with Crippen LogP contribution in [0.15, 0.2) is 66.7 Å². The molecule has 0 aliphatic heterocycles. The SMILES string of the molecule is COc1ccc([N+](=O)[O-])cc1CNc1ccc(C(=O)NCc2ccccc2F)cc1. The number of carbonyl (C=O) groups is 1. The molecule has 0 aliphatic carbocycles. The zero-order chi connectivity index (χ0) is 21.5. The van der Waals surface area contributed by atoms with Crippen LogP contribution in [0.3, 0.4) is 0 Å². The van der Waals surface area contributed by atoms with Crippen molar-refractivity contribution in [2.24, 2.45) is 0 Å². The molecule has 0 saturated heterocycles. The minimum atomic E-state index is -0.461. The molecule has 0 radical (unpaired) electrons. The van der Waals surface area contributed by atoms with Gasteiger partial charge in [-0.15, -0.1) is 0 Å². The van der Waals surface area contributed by atoms with Gasteiger partial charge >= 0.3 is 0 Å². The number of hydrogen-bond donors (Lipinski definition) is 2. The van der Waals surface area contributed by atoms with Crippen molar-refractivity contribution in [1.29, 1.82) is 0 Å². The van der Waals surface area contributed by atoms with Gasteiger partial charge in [-0.3, -0.25) is 14.9 Å². The second-order valence-corrected chi connectivity index (χ2v) is 6.46. The van der Waals surface area contributed by atoms with Crippen LogP contribution in [0.4, 0.5) is 15.8 Å². The highest BCUT2D eigenvalue weighted by atomic mass is 19.1. The number of ether oxygens (including phenoxy) is 1. The first-order valence-corrected chi connectivity index (χ1v) is 9.15. The van der Waals surface area contributed by atoms with Crippen molar-refractivity contribution in [1.82, 2.24) is 5.32 Å². The van der Waals surface area contributed by atoms with Crippen LogP contribution in [0, 0.1) is 15.9 Å². The lowest BCUT2D eigenvalue weighted by Gasteiger charge is -2.11. The van der Waals surface area contributed by atoms with Gasteiger partial charge in [0, 0.05) is 47.6 Å². The van der Waals surface area contributed by atoms with Gasteiger partial charge in [-0.25, -0.2) is 4.39 Å². The highest BCUT2D eigenvalue weighted by Gasteiger charge is 2.12. The highest BCUT2D eigenvalue weighted by molar-refractivity contribution is 5.94. The van der Waals surface area contributed by atoms with Gasteiger partial charge in [-0.2, -0.15) is 0 Å². The molecule has 3 aromatic rings. The van der Waals surface area contributed by atoms with Gasteiger partial charge in [0.25, 0.3) is 11.6 Å². The number of anilines is 1. The molecule has 0 spiro atoms. The van der Waals surface area contributed by atoms with Gasteiger partial charge in [0.05, 0.1) is 12.0 Å². The van der Waals surface area contributed by atoms with Crippen LogP contribution in [-0.2, 0) is 13.1 Å². The van der Waals surface area contributed by atoms with Gasteiger partial charge in [0.15, 0.2) is 0 Å². The number of non-ortho nitro benzene ring substituents is 1. The molecule has 0 fully saturated rings. The third kappa shape index (κ3) is 5.11.